The highest BCUT2D eigenvalue weighted by molar-refractivity contribution is 7.89. The molecule has 0 bridgehead atoms. The Labute approximate surface area is 121 Å². The van der Waals surface area contributed by atoms with Gasteiger partial charge >= 0.3 is 5.97 Å². The summed E-state index contributed by atoms with van der Waals surface area (Å²) < 4.78 is 31.4. The molecule has 0 aliphatic carbocycles. The Kier molecular flexibility index (Phi) is 3.22. The SMILES string of the molecule is COC(=O)[C@@H]1CCN1S(=O)(=O)c1cc(C)cc2cn[nH]c12. The van der Waals surface area contributed by atoms with Gasteiger partial charge in [0.2, 0.25) is 10.0 Å². The number of ether oxygens (including phenoxy) is 1. The fourth-order valence-electron chi connectivity index (χ4n) is 2.52. The Morgan fingerprint density at radius 3 is 2.86 bits per heavy atom. The molecule has 21 heavy (non-hydrogen) atoms. The molecular formula is C13H15N3O4S. The maximum atomic E-state index is 12.8. The van der Waals surface area contributed by atoms with Crippen LogP contribution < -0.4 is 0 Å². The molecule has 0 radical (unpaired) electrons. The Bertz CT molecular complexity index is 812. The predicted molar refractivity (Wildman–Crippen MR) is 75.1 cm³/mol. The largest absolute Gasteiger partial charge is 0.468 e. The van der Waals surface area contributed by atoms with Crippen molar-refractivity contribution in [2.45, 2.75) is 24.3 Å². The summed E-state index contributed by atoms with van der Waals surface area (Å²) in [5.74, 6) is -0.529. The van der Waals surface area contributed by atoms with E-state index in [2.05, 4.69) is 14.9 Å². The van der Waals surface area contributed by atoms with Crippen molar-refractivity contribution in [2.24, 2.45) is 0 Å². The van der Waals surface area contributed by atoms with Crippen molar-refractivity contribution >= 4 is 26.9 Å². The van der Waals surface area contributed by atoms with Gasteiger partial charge in [0, 0.05) is 11.9 Å². The predicted octanol–water partition coefficient (Wildman–Crippen LogP) is 0.807. The Balaban J connectivity index is 2.09. The number of rotatable bonds is 3. The third-order valence-corrected chi connectivity index (χ3v) is 5.62. The molecule has 1 aromatic carbocycles. The minimum absolute atomic E-state index is 0.142. The Morgan fingerprint density at radius 2 is 2.24 bits per heavy atom. The third kappa shape index (κ3) is 2.11. The van der Waals surface area contributed by atoms with E-state index in [1.54, 1.807) is 12.3 Å². The molecule has 8 heteroatoms. The lowest BCUT2D eigenvalue weighted by molar-refractivity contribution is -0.148. The van der Waals surface area contributed by atoms with E-state index in [0.717, 1.165) is 10.9 Å². The number of carbonyl (C=O) groups excluding carboxylic acids is 1. The van der Waals surface area contributed by atoms with Gasteiger partial charge in [-0.25, -0.2) is 8.42 Å². The van der Waals surface area contributed by atoms with Crippen LogP contribution in [0.3, 0.4) is 0 Å². The number of hydrogen-bond acceptors (Lipinski definition) is 5. The molecule has 3 rings (SSSR count). The molecule has 1 aliphatic rings. The fourth-order valence-corrected chi connectivity index (χ4v) is 4.40. The van der Waals surface area contributed by atoms with E-state index in [0.29, 0.717) is 18.5 Å². The average molecular weight is 309 g/mol. The Morgan fingerprint density at radius 1 is 1.48 bits per heavy atom. The van der Waals surface area contributed by atoms with Crippen LogP contribution in [0.25, 0.3) is 10.9 Å². The van der Waals surface area contributed by atoms with Crippen LogP contribution in [0, 0.1) is 6.92 Å². The van der Waals surface area contributed by atoms with Gasteiger partial charge < -0.3 is 4.74 Å². The first-order valence-corrected chi connectivity index (χ1v) is 7.92. The van der Waals surface area contributed by atoms with Gasteiger partial charge in [0.25, 0.3) is 0 Å². The fraction of sp³-hybridized carbons (Fsp3) is 0.385. The number of fused-ring (bicyclic) bond motifs is 1. The number of methoxy groups -OCH3 is 1. The van der Waals surface area contributed by atoms with Crippen LogP contribution in [0.15, 0.2) is 23.2 Å². The topological polar surface area (TPSA) is 92.4 Å². The van der Waals surface area contributed by atoms with E-state index in [-0.39, 0.29) is 4.90 Å². The van der Waals surface area contributed by atoms with Crippen LogP contribution in [0.5, 0.6) is 0 Å². The molecule has 1 aliphatic heterocycles. The molecule has 0 amide bonds. The Hall–Kier alpha value is -1.93. The summed E-state index contributed by atoms with van der Waals surface area (Å²) >= 11 is 0. The smallest absolute Gasteiger partial charge is 0.324 e. The number of nitrogens with zero attached hydrogens (tertiary/aromatic N) is 2. The van der Waals surface area contributed by atoms with Crippen molar-refractivity contribution in [3.05, 3.63) is 23.9 Å². The number of nitrogens with one attached hydrogen (secondary N) is 1. The van der Waals surface area contributed by atoms with Crippen LogP contribution in [0.1, 0.15) is 12.0 Å². The van der Waals surface area contributed by atoms with Gasteiger partial charge in [0.1, 0.15) is 10.9 Å². The van der Waals surface area contributed by atoms with Crippen molar-refractivity contribution in [2.75, 3.05) is 13.7 Å². The molecule has 1 N–H and O–H groups in total. The van der Waals surface area contributed by atoms with E-state index in [4.69, 9.17) is 0 Å². The molecule has 112 valence electrons. The van der Waals surface area contributed by atoms with Crippen molar-refractivity contribution in [3.8, 4) is 0 Å². The van der Waals surface area contributed by atoms with Crippen molar-refractivity contribution < 1.29 is 17.9 Å². The second-order valence-electron chi connectivity index (χ2n) is 5.04. The van der Waals surface area contributed by atoms with Gasteiger partial charge in [-0.05, 0) is 31.0 Å². The monoisotopic (exact) mass is 309 g/mol. The van der Waals surface area contributed by atoms with Gasteiger partial charge in [-0.15, -0.1) is 0 Å². The maximum Gasteiger partial charge on any atom is 0.324 e. The molecule has 7 nitrogen and oxygen atoms in total. The van der Waals surface area contributed by atoms with E-state index < -0.39 is 22.0 Å². The minimum Gasteiger partial charge on any atom is -0.468 e. The van der Waals surface area contributed by atoms with Crippen molar-refractivity contribution in [1.82, 2.24) is 14.5 Å². The number of aromatic amines is 1. The zero-order valence-electron chi connectivity index (χ0n) is 11.7. The molecule has 1 atom stereocenters. The molecule has 0 saturated carbocycles. The van der Waals surface area contributed by atoms with Gasteiger partial charge in [0.05, 0.1) is 18.8 Å². The van der Waals surface area contributed by atoms with Crippen LogP contribution in [-0.4, -0.2) is 48.6 Å². The second kappa shape index (κ2) is 4.81. The number of esters is 1. The first-order valence-electron chi connectivity index (χ1n) is 6.48. The van der Waals surface area contributed by atoms with E-state index in [1.165, 1.54) is 11.4 Å². The van der Waals surface area contributed by atoms with Crippen LogP contribution in [-0.2, 0) is 19.6 Å². The van der Waals surface area contributed by atoms with Gasteiger partial charge in [-0.1, -0.05) is 0 Å². The first kappa shape index (κ1) is 14.0. The summed E-state index contributed by atoms with van der Waals surface area (Å²) in [4.78, 5) is 11.8. The number of sulfonamides is 1. The quantitative estimate of drug-likeness (QED) is 0.847. The van der Waals surface area contributed by atoms with E-state index in [1.807, 2.05) is 13.0 Å². The summed E-state index contributed by atoms with van der Waals surface area (Å²) in [5, 5.41) is 7.33. The highest BCUT2D eigenvalue weighted by Gasteiger charge is 2.44. The second-order valence-corrected chi connectivity index (χ2v) is 6.90. The highest BCUT2D eigenvalue weighted by Crippen LogP contribution is 2.31. The van der Waals surface area contributed by atoms with Gasteiger partial charge in [-0.3, -0.25) is 9.89 Å². The van der Waals surface area contributed by atoms with E-state index >= 15 is 0 Å². The number of hydrogen-bond donors (Lipinski definition) is 1. The molecule has 0 unspecified atom stereocenters. The molecule has 0 spiro atoms. The summed E-state index contributed by atoms with van der Waals surface area (Å²) in [7, 11) is -2.51. The summed E-state index contributed by atoms with van der Waals surface area (Å²) in [6.07, 6.45) is 2.05. The van der Waals surface area contributed by atoms with E-state index in [9.17, 15) is 13.2 Å². The zero-order chi connectivity index (χ0) is 15.2. The number of aryl methyl sites for hydroxylation is 1. The summed E-state index contributed by atoms with van der Waals surface area (Å²) in [5.41, 5.74) is 1.27. The number of benzene rings is 1. The standard InChI is InChI=1S/C13H15N3O4S/c1-8-5-9-7-14-15-12(9)11(6-8)21(18,19)16-4-3-10(16)13(17)20-2/h5-7,10H,3-4H2,1-2H3,(H,14,15)/t10-/m0/s1. The van der Waals surface area contributed by atoms with Crippen molar-refractivity contribution in [3.63, 3.8) is 0 Å². The molecule has 1 aromatic heterocycles. The molecule has 2 heterocycles. The number of H-pyrrole nitrogens is 1. The molecule has 2 aromatic rings. The average Bonchev–Trinajstić information content (AvgIpc) is 2.83. The first-order chi connectivity index (χ1) is 9.95. The molecular weight excluding hydrogens is 294 g/mol. The highest BCUT2D eigenvalue weighted by atomic mass is 32.2. The van der Waals surface area contributed by atoms with Crippen LogP contribution in [0.2, 0.25) is 0 Å². The lowest BCUT2D eigenvalue weighted by Crippen LogP contribution is -2.55. The van der Waals surface area contributed by atoms with Crippen molar-refractivity contribution in [1.29, 1.82) is 0 Å². The maximum absolute atomic E-state index is 12.8. The lowest BCUT2D eigenvalue weighted by atomic mass is 10.1. The minimum atomic E-state index is -3.76. The lowest BCUT2D eigenvalue weighted by Gasteiger charge is -2.37. The molecule has 1 saturated heterocycles. The summed E-state index contributed by atoms with van der Waals surface area (Å²) in [6, 6.07) is 2.70. The zero-order valence-corrected chi connectivity index (χ0v) is 12.5. The number of aromatic nitrogens is 2. The third-order valence-electron chi connectivity index (χ3n) is 3.69. The number of carbonyl (C=O) groups is 1. The van der Waals surface area contributed by atoms with Crippen LogP contribution >= 0.6 is 0 Å². The van der Waals surface area contributed by atoms with Crippen LogP contribution in [0.4, 0.5) is 0 Å². The summed E-state index contributed by atoms with van der Waals surface area (Å²) in [6.45, 7) is 2.13. The molecule has 1 fully saturated rings. The van der Waals surface area contributed by atoms with Gasteiger partial charge in [-0.2, -0.15) is 9.40 Å². The normalized spacial score (nSPS) is 19.4. The van der Waals surface area contributed by atoms with Gasteiger partial charge in [0.15, 0.2) is 0 Å².